The van der Waals surface area contributed by atoms with Gasteiger partial charge in [-0.2, -0.15) is 0 Å². The number of benzene rings is 1. The standard InChI is InChI=1S/C15H20N2O2/c1-4-16-12(3)11-14(15(18)19-5-2)17(16)13-9-7-6-8-10-13/h6-11,14H,4-5H2,1-3H3. The lowest BCUT2D eigenvalue weighted by atomic mass is 10.2. The van der Waals surface area contributed by atoms with Crippen molar-refractivity contribution in [1.29, 1.82) is 0 Å². The molecule has 0 spiro atoms. The van der Waals surface area contributed by atoms with Gasteiger partial charge in [0.05, 0.1) is 12.3 Å². The number of nitrogens with zero attached hydrogens (tertiary/aromatic N) is 2. The van der Waals surface area contributed by atoms with Crippen molar-refractivity contribution in [2.24, 2.45) is 0 Å². The van der Waals surface area contributed by atoms with Crippen LogP contribution in [0.3, 0.4) is 0 Å². The zero-order chi connectivity index (χ0) is 13.8. The zero-order valence-corrected chi connectivity index (χ0v) is 11.7. The van der Waals surface area contributed by atoms with E-state index in [1.165, 1.54) is 0 Å². The van der Waals surface area contributed by atoms with E-state index in [4.69, 9.17) is 4.74 Å². The van der Waals surface area contributed by atoms with Gasteiger partial charge in [0, 0.05) is 12.2 Å². The number of para-hydroxylation sites is 1. The maximum absolute atomic E-state index is 12.1. The van der Waals surface area contributed by atoms with Gasteiger partial charge in [-0.1, -0.05) is 18.2 Å². The van der Waals surface area contributed by atoms with Gasteiger partial charge in [0.25, 0.3) is 0 Å². The number of hydrazine groups is 1. The van der Waals surface area contributed by atoms with E-state index in [2.05, 4.69) is 11.9 Å². The Bertz CT molecular complexity index is 470. The van der Waals surface area contributed by atoms with Crippen LogP contribution in [0.5, 0.6) is 0 Å². The number of carbonyl (C=O) groups is 1. The number of ether oxygens (including phenoxy) is 1. The van der Waals surface area contributed by atoms with Crippen molar-refractivity contribution in [2.75, 3.05) is 18.2 Å². The summed E-state index contributed by atoms with van der Waals surface area (Å²) in [4.78, 5) is 12.1. The van der Waals surface area contributed by atoms with Crippen molar-refractivity contribution < 1.29 is 9.53 Å². The van der Waals surface area contributed by atoms with Gasteiger partial charge in [-0.3, -0.25) is 10.0 Å². The van der Waals surface area contributed by atoms with Crippen LogP contribution < -0.4 is 5.01 Å². The van der Waals surface area contributed by atoms with E-state index in [0.717, 1.165) is 17.9 Å². The summed E-state index contributed by atoms with van der Waals surface area (Å²) in [7, 11) is 0. The van der Waals surface area contributed by atoms with E-state index in [0.29, 0.717) is 6.61 Å². The number of allylic oxidation sites excluding steroid dienone is 1. The van der Waals surface area contributed by atoms with Crippen molar-refractivity contribution >= 4 is 11.7 Å². The first-order chi connectivity index (χ1) is 9.19. The summed E-state index contributed by atoms with van der Waals surface area (Å²) in [5, 5.41) is 4.09. The van der Waals surface area contributed by atoms with E-state index in [9.17, 15) is 4.79 Å². The lowest BCUT2D eigenvalue weighted by molar-refractivity contribution is -0.143. The summed E-state index contributed by atoms with van der Waals surface area (Å²) in [5.74, 6) is -0.207. The van der Waals surface area contributed by atoms with Crippen LogP contribution in [0.2, 0.25) is 0 Å². The smallest absolute Gasteiger partial charge is 0.334 e. The zero-order valence-electron chi connectivity index (χ0n) is 11.7. The van der Waals surface area contributed by atoms with Crippen molar-refractivity contribution in [3.05, 3.63) is 42.1 Å². The number of rotatable bonds is 4. The van der Waals surface area contributed by atoms with Crippen LogP contribution in [-0.4, -0.2) is 30.2 Å². The van der Waals surface area contributed by atoms with Crippen molar-refractivity contribution in [3.63, 3.8) is 0 Å². The highest BCUT2D eigenvalue weighted by atomic mass is 16.5. The monoisotopic (exact) mass is 260 g/mol. The van der Waals surface area contributed by atoms with Crippen molar-refractivity contribution in [2.45, 2.75) is 26.8 Å². The molecule has 0 amide bonds. The third-order valence-electron chi connectivity index (χ3n) is 3.18. The van der Waals surface area contributed by atoms with Crippen molar-refractivity contribution in [1.82, 2.24) is 5.01 Å². The topological polar surface area (TPSA) is 32.8 Å². The minimum absolute atomic E-state index is 0.207. The Balaban J connectivity index is 2.33. The third kappa shape index (κ3) is 2.57. The summed E-state index contributed by atoms with van der Waals surface area (Å²) < 4.78 is 5.17. The molecule has 1 aromatic carbocycles. The van der Waals surface area contributed by atoms with Crippen LogP contribution in [0.4, 0.5) is 5.69 Å². The highest BCUT2D eigenvalue weighted by molar-refractivity contribution is 5.83. The molecular formula is C15H20N2O2. The SMILES string of the molecule is CCOC(=O)C1C=C(C)N(CC)N1c1ccccc1. The van der Waals surface area contributed by atoms with Crippen LogP contribution in [0, 0.1) is 0 Å². The molecule has 0 saturated carbocycles. The highest BCUT2D eigenvalue weighted by Crippen LogP contribution is 2.29. The Hall–Kier alpha value is -1.97. The highest BCUT2D eigenvalue weighted by Gasteiger charge is 2.35. The molecule has 0 bridgehead atoms. The van der Waals surface area contributed by atoms with E-state index in [1.54, 1.807) is 0 Å². The normalized spacial score (nSPS) is 18.5. The average Bonchev–Trinajstić information content (AvgIpc) is 2.77. The van der Waals surface area contributed by atoms with Crippen LogP contribution >= 0.6 is 0 Å². The molecule has 1 aromatic rings. The molecule has 0 aromatic heterocycles. The molecule has 0 fully saturated rings. The fraction of sp³-hybridized carbons (Fsp3) is 0.400. The lowest BCUT2D eigenvalue weighted by Gasteiger charge is -2.35. The van der Waals surface area contributed by atoms with Gasteiger partial charge < -0.3 is 4.74 Å². The molecule has 1 atom stereocenters. The quantitative estimate of drug-likeness (QED) is 0.779. The fourth-order valence-corrected chi connectivity index (χ4v) is 2.38. The Kier molecular flexibility index (Phi) is 4.10. The molecule has 0 N–H and O–H groups in total. The first-order valence-corrected chi connectivity index (χ1v) is 6.65. The predicted octanol–water partition coefficient (Wildman–Crippen LogP) is 2.58. The molecule has 19 heavy (non-hydrogen) atoms. The van der Waals surface area contributed by atoms with Crippen LogP contribution in [-0.2, 0) is 9.53 Å². The molecule has 102 valence electrons. The molecule has 0 radical (unpaired) electrons. The van der Waals surface area contributed by atoms with Gasteiger partial charge in [0.2, 0.25) is 0 Å². The summed E-state index contributed by atoms with van der Waals surface area (Å²) in [6.45, 7) is 7.12. The Morgan fingerprint density at radius 1 is 1.26 bits per heavy atom. The second-order valence-electron chi connectivity index (χ2n) is 4.40. The summed E-state index contributed by atoms with van der Waals surface area (Å²) in [6.07, 6.45) is 1.95. The Morgan fingerprint density at radius 3 is 2.53 bits per heavy atom. The maximum Gasteiger partial charge on any atom is 0.334 e. The van der Waals surface area contributed by atoms with Crippen molar-refractivity contribution in [3.8, 4) is 0 Å². The molecule has 0 saturated heterocycles. The van der Waals surface area contributed by atoms with E-state index < -0.39 is 0 Å². The molecule has 4 nitrogen and oxygen atoms in total. The molecule has 4 heteroatoms. The second-order valence-corrected chi connectivity index (χ2v) is 4.40. The van der Waals surface area contributed by atoms with Gasteiger partial charge in [-0.05, 0) is 39.0 Å². The van der Waals surface area contributed by atoms with Gasteiger partial charge in [0.15, 0.2) is 6.04 Å². The summed E-state index contributed by atoms with van der Waals surface area (Å²) in [5.41, 5.74) is 2.07. The number of esters is 1. The molecular weight excluding hydrogens is 240 g/mol. The Morgan fingerprint density at radius 2 is 1.95 bits per heavy atom. The molecule has 2 rings (SSSR count). The van der Waals surface area contributed by atoms with Crippen LogP contribution in [0.1, 0.15) is 20.8 Å². The van der Waals surface area contributed by atoms with Crippen LogP contribution in [0.15, 0.2) is 42.1 Å². The molecule has 0 aliphatic carbocycles. The first-order valence-electron chi connectivity index (χ1n) is 6.65. The third-order valence-corrected chi connectivity index (χ3v) is 3.18. The van der Waals surface area contributed by atoms with E-state index in [1.807, 2.05) is 55.3 Å². The predicted molar refractivity (Wildman–Crippen MR) is 75.5 cm³/mol. The fourth-order valence-electron chi connectivity index (χ4n) is 2.38. The molecule has 1 unspecified atom stereocenters. The van der Waals surface area contributed by atoms with E-state index >= 15 is 0 Å². The summed E-state index contributed by atoms with van der Waals surface area (Å²) >= 11 is 0. The largest absolute Gasteiger partial charge is 0.464 e. The first kappa shape index (κ1) is 13.5. The van der Waals surface area contributed by atoms with Gasteiger partial charge in [-0.25, -0.2) is 4.79 Å². The molecule has 1 aliphatic heterocycles. The van der Waals surface area contributed by atoms with Gasteiger partial charge >= 0.3 is 5.97 Å². The summed E-state index contributed by atoms with van der Waals surface area (Å²) in [6, 6.07) is 9.54. The van der Waals surface area contributed by atoms with Gasteiger partial charge in [-0.15, -0.1) is 0 Å². The Labute approximate surface area is 114 Å². The minimum atomic E-state index is -0.373. The number of carbonyl (C=O) groups excluding carboxylic acids is 1. The van der Waals surface area contributed by atoms with Gasteiger partial charge in [0.1, 0.15) is 0 Å². The van der Waals surface area contributed by atoms with Crippen LogP contribution in [0.25, 0.3) is 0 Å². The number of hydrogen-bond acceptors (Lipinski definition) is 4. The second kappa shape index (κ2) is 5.78. The number of anilines is 1. The lowest BCUT2D eigenvalue weighted by Crippen LogP contribution is -2.46. The number of hydrogen-bond donors (Lipinski definition) is 0. The molecule has 1 aliphatic rings. The average molecular weight is 260 g/mol. The van der Waals surface area contributed by atoms with E-state index in [-0.39, 0.29) is 12.0 Å². The molecule has 1 heterocycles. The minimum Gasteiger partial charge on any atom is -0.464 e. The maximum atomic E-state index is 12.1.